The first-order chi connectivity index (χ1) is 17.7. The molecule has 1 saturated heterocycles. The zero-order valence-electron chi connectivity index (χ0n) is 20.1. The molecule has 0 radical (unpaired) electrons. The van der Waals surface area contributed by atoms with E-state index in [1.165, 1.54) is 5.56 Å². The van der Waals surface area contributed by atoms with Crippen LogP contribution < -0.4 is 10.6 Å². The van der Waals surface area contributed by atoms with Crippen molar-refractivity contribution in [1.82, 2.24) is 20.2 Å². The average Bonchev–Trinajstić information content (AvgIpc) is 3.69. The summed E-state index contributed by atoms with van der Waals surface area (Å²) in [6.45, 7) is 0.719. The molecule has 1 aliphatic carbocycles. The summed E-state index contributed by atoms with van der Waals surface area (Å²) in [5.41, 5.74) is 2.23. The van der Waals surface area contributed by atoms with Gasteiger partial charge in [-0.3, -0.25) is 9.59 Å². The van der Waals surface area contributed by atoms with Crippen LogP contribution in [0, 0.1) is 11.8 Å². The maximum Gasteiger partial charge on any atom is 0.244 e. The van der Waals surface area contributed by atoms with Gasteiger partial charge in [-0.25, -0.2) is 4.98 Å². The highest BCUT2D eigenvalue weighted by atomic mass is 32.1. The maximum atomic E-state index is 14.1. The van der Waals surface area contributed by atoms with E-state index in [9.17, 15) is 9.59 Å². The van der Waals surface area contributed by atoms with Crippen molar-refractivity contribution in [2.75, 3.05) is 11.9 Å². The molecule has 1 saturated carbocycles. The molecule has 3 aliphatic rings. The van der Waals surface area contributed by atoms with E-state index in [0.717, 1.165) is 55.0 Å². The van der Waals surface area contributed by atoms with Crippen LogP contribution in [0.3, 0.4) is 0 Å². The fraction of sp³-hybridized carbons (Fsp3) is 0.393. The van der Waals surface area contributed by atoms with Gasteiger partial charge >= 0.3 is 0 Å². The van der Waals surface area contributed by atoms with Crippen LogP contribution in [0.1, 0.15) is 60.5 Å². The number of nitrogens with zero attached hydrogens (tertiary/aromatic N) is 2. The molecular formula is C28H31N5O2S. The number of aromatic nitrogens is 2. The van der Waals surface area contributed by atoms with Crippen molar-refractivity contribution in [3.63, 3.8) is 0 Å². The molecule has 1 aromatic carbocycles. The molecule has 7 nitrogen and oxygen atoms in total. The molecule has 5 atom stereocenters. The van der Waals surface area contributed by atoms with Gasteiger partial charge in [-0.1, -0.05) is 37.1 Å². The van der Waals surface area contributed by atoms with E-state index in [2.05, 4.69) is 43.7 Å². The highest BCUT2D eigenvalue weighted by Gasteiger charge is 2.49. The molecule has 0 unspecified atom stereocenters. The van der Waals surface area contributed by atoms with Gasteiger partial charge in [0.05, 0.1) is 18.0 Å². The fourth-order valence-electron chi connectivity index (χ4n) is 6.28. The molecule has 2 fully saturated rings. The Labute approximate surface area is 215 Å². The van der Waals surface area contributed by atoms with Crippen LogP contribution in [-0.2, 0) is 9.59 Å². The number of thiophene rings is 1. The van der Waals surface area contributed by atoms with Crippen LogP contribution in [0.4, 0.5) is 5.69 Å². The number of imidazole rings is 1. The number of amides is 2. The standard InChI is InChI=1S/C28H31N5O2S/c34-24(12-11-18-6-5-17-36-18)31-23-10-4-2-8-20(23)28(35)33-16-13-21-25(27-29-14-15-30-27)32-22-9-3-1-7-19(22)26(21)33/h1,3,5-7,9,11-12,14-15,17,20-21,23,25-26,32H,2,4,8,10,13,16H2,(H,29,30)(H,31,34)/b12-11+/t20-,21+,23+,25+,26-/m0/s1. The summed E-state index contributed by atoms with van der Waals surface area (Å²) in [6.07, 6.45) is 11.7. The lowest BCUT2D eigenvalue weighted by Gasteiger charge is -2.41. The lowest BCUT2D eigenvalue weighted by Crippen LogP contribution is -2.49. The van der Waals surface area contributed by atoms with E-state index >= 15 is 0 Å². The largest absolute Gasteiger partial charge is 0.375 e. The Bertz CT molecular complexity index is 1240. The summed E-state index contributed by atoms with van der Waals surface area (Å²) in [6, 6.07) is 12.2. The second-order valence-corrected chi connectivity index (χ2v) is 10.9. The van der Waals surface area contributed by atoms with Crippen LogP contribution in [0.25, 0.3) is 6.08 Å². The van der Waals surface area contributed by atoms with Crippen molar-refractivity contribution in [2.24, 2.45) is 11.8 Å². The predicted octanol–water partition coefficient (Wildman–Crippen LogP) is 4.92. The zero-order chi connectivity index (χ0) is 24.5. The molecule has 3 N–H and O–H groups in total. The Morgan fingerprint density at radius 3 is 2.83 bits per heavy atom. The van der Waals surface area contributed by atoms with Crippen LogP contribution in [0.2, 0.25) is 0 Å². The van der Waals surface area contributed by atoms with Crippen molar-refractivity contribution in [3.05, 3.63) is 76.5 Å². The van der Waals surface area contributed by atoms with Gasteiger partial charge < -0.3 is 20.5 Å². The van der Waals surface area contributed by atoms with E-state index < -0.39 is 0 Å². The Morgan fingerprint density at radius 1 is 1.11 bits per heavy atom. The van der Waals surface area contributed by atoms with E-state index in [4.69, 9.17) is 0 Å². The maximum absolute atomic E-state index is 14.1. The minimum Gasteiger partial charge on any atom is -0.375 e. The summed E-state index contributed by atoms with van der Waals surface area (Å²) in [4.78, 5) is 37.8. The number of aromatic amines is 1. The number of anilines is 1. The Morgan fingerprint density at radius 2 is 2.00 bits per heavy atom. The first-order valence-electron chi connectivity index (χ1n) is 12.9. The van der Waals surface area contributed by atoms with Crippen LogP contribution in [0.15, 0.2) is 60.2 Å². The molecule has 4 heterocycles. The number of para-hydroxylation sites is 1. The van der Waals surface area contributed by atoms with E-state index in [1.54, 1.807) is 23.6 Å². The number of H-pyrrole nitrogens is 1. The number of benzene rings is 1. The highest BCUT2D eigenvalue weighted by molar-refractivity contribution is 7.10. The molecule has 3 aromatic rings. The lowest BCUT2D eigenvalue weighted by atomic mass is 9.80. The van der Waals surface area contributed by atoms with Crippen molar-refractivity contribution in [3.8, 4) is 0 Å². The van der Waals surface area contributed by atoms with Crippen molar-refractivity contribution in [1.29, 1.82) is 0 Å². The van der Waals surface area contributed by atoms with Gasteiger partial charge in [0.2, 0.25) is 11.8 Å². The van der Waals surface area contributed by atoms with Gasteiger partial charge in [-0.2, -0.15) is 0 Å². The normalized spacial score (nSPS) is 27.3. The summed E-state index contributed by atoms with van der Waals surface area (Å²) < 4.78 is 0. The fourth-order valence-corrected chi connectivity index (χ4v) is 6.90. The average molecular weight is 502 g/mol. The molecule has 0 bridgehead atoms. The third-order valence-electron chi connectivity index (χ3n) is 7.91. The minimum absolute atomic E-state index is 0.00190. The molecule has 2 aliphatic heterocycles. The molecule has 36 heavy (non-hydrogen) atoms. The Balaban J connectivity index is 1.23. The van der Waals surface area contributed by atoms with Crippen LogP contribution >= 0.6 is 11.3 Å². The van der Waals surface area contributed by atoms with Crippen molar-refractivity contribution < 1.29 is 9.59 Å². The number of hydrogen-bond acceptors (Lipinski definition) is 5. The van der Waals surface area contributed by atoms with Crippen LogP contribution in [-0.4, -0.2) is 39.3 Å². The Kier molecular flexibility index (Phi) is 6.35. The molecule has 186 valence electrons. The topological polar surface area (TPSA) is 90.1 Å². The molecule has 2 amide bonds. The smallest absolute Gasteiger partial charge is 0.244 e. The van der Waals surface area contributed by atoms with E-state index in [0.29, 0.717) is 0 Å². The van der Waals surface area contributed by atoms with Gasteiger partial charge in [0.1, 0.15) is 5.82 Å². The first kappa shape index (κ1) is 23.0. The summed E-state index contributed by atoms with van der Waals surface area (Å²) in [5.74, 6) is 0.998. The third-order valence-corrected chi connectivity index (χ3v) is 8.75. The second-order valence-electron chi connectivity index (χ2n) is 9.97. The molecule has 6 rings (SSSR count). The summed E-state index contributed by atoms with van der Waals surface area (Å²) >= 11 is 1.60. The second kappa shape index (κ2) is 9.93. The van der Waals surface area contributed by atoms with Gasteiger partial charge in [0, 0.05) is 47.5 Å². The Hall–Kier alpha value is -3.39. The highest BCUT2D eigenvalue weighted by Crippen LogP contribution is 2.51. The monoisotopic (exact) mass is 501 g/mol. The quantitative estimate of drug-likeness (QED) is 0.433. The summed E-state index contributed by atoms with van der Waals surface area (Å²) in [7, 11) is 0. The van der Waals surface area contributed by atoms with Gasteiger partial charge in [0.25, 0.3) is 0 Å². The molecular weight excluding hydrogens is 470 g/mol. The van der Waals surface area contributed by atoms with Crippen LogP contribution in [0.5, 0.6) is 0 Å². The number of nitrogens with one attached hydrogen (secondary N) is 3. The SMILES string of the molecule is O=C(/C=C/c1cccs1)N[C@@H]1CCCC[C@@H]1C(=O)N1CC[C@@H]2[C@H](c3ncc[nH]3)Nc3ccccc3[C@@H]21. The van der Waals surface area contributed by atoms with Gasteiger partial charge in [-0.15, -0.1) is 11.3 Å². The van der Waals surface area contributed by atoms with Crippen molar-refractivity contribution >= 4 is 34.9 Å². The number of fused-ring (bicyclic) bond motifs is 3. The van der Waals surface area contributed by atoms with Crippen molar-refractivity contribution in [2.45, 2.75) is 50.2 Å². The predicted molar refractivity (Wildman–Crippen MR) is 141 cm³/mol. The number of hydrogen-bond donors (Lipinski definition) is 3. The number of carbonyl (C=O) groups excluding carboxylic acids is 2. The minimum atomic E-state index is -0.194. The number of rotatable bonds is 5. The van der Waals surface area contributed by atoms with Gasteiger partial charge in [-0.05, 0) is 48.4 Å². The number of likely N-dealkylation sites (tertiary alicyclic amines) is 1. The zero-order valence-corrected chi connectivity index (χ0v) is 20.9. The molecule has 8 heteroatoms. The number of carbonyl (C=O) groups is 2. The summed E-state index contributed by atoms with van der Waals surface area (Å²) in [5, 5.41) is 8.83. The van der Waals surface area contributed by atoms with E-state index in [-0.39, 0.29) is 41.8 Å². The first-order valence-corrected chi connectivity index (χ1v) is 13.7. The lowest BCUT2D eigenvalue weighted by molar-refractivity contribution is -0.139. The van der Waals surface area contributed by atoms with Gasteiger partial charge in [0.15, 0.2) is 0 Å². The van der Waals surface area contributed by atoms with E-state index in [1.807, 2.05) is 35.9 Å². The molecule has 0 spiro atoms. The third kappa shape index (κ3) is 4.34. The molecule has 2 aromatic heterocycles.